The highest BCUT2D eigenvalue weighted by atomic mass is 19.4. The van der Waals surface area contributed by atoms with Gasteiger partial charge in [0.05, 0.1) is 75.4 Å². The molecule has 3 rings (SSSR count). The van der Waals surface area contributed by atoms with Crippen LogP contribution in [-0.2, 0) is 29.9 Å². The van der Waals surface area contributed by atoms with Gasteiger partial charge in [-0.1, -0.05) is 30.3 Å². The molecule has 0 amide bonds. The SMILES string of the molecule is Nc1ccccc1OCCOCCOCCOCCOCCOC(=O)c1ccccc1Nc1cccc(C(F)(F)F)c1. The van der Waals surface area contributed by atoms with E-state index in [-0.39, 0.29) is 24.5 Å². The Morgan fingerprint density at radius 1 is 0.690 bits per heavy atom. The molecule has 0 unspecified atom stereocenters. The zero-order valence-corrected chi connectivity index (χ0v) is 23.1. The number of esters is 1. The number of alkyl halides is 3. The summed E-state index contributed by atoms with van der Waals surface area (Å²) in [7, 11) is 0. The van der Waals surface area contributed by atoms with Crippen molar-refractivity contribution in [2.75, 3.05) is 77.1 Å². The van der Waals surface area contributed by atoms with Crippen LogP contribution in [0.25, 0.3) is 0 Å². The molecule has 3 aromatic rings. The first-order valence-corrected chi connectivity index (χ1v) is 13.3. The summed E-state index contributed by atoms with van der Waals surface area (Å²) in [6.07, 6.45) is -4.47. The van der Waals surface area contributed by atoms with E-state index in [1.165, 1.54) is 18.2 Å². The summed E-state index contributed by atoms with van der Waals surface area (Å²) < 4.78 is 71.5. The van der Waals surface area contributed by atoms with Gasteiger partial charge in [0.1, 0.15) is 19.0 Å². The highest BCUT2D eigenvalue weighted by molar-refractivity contribution is 5.96. The quantitative estimate of drug-likeness (QED) is 0.108. The number of nitrogens with one attached hydrogen (secondary N) is 1. The van der Waals surface area contributed by atoms with Gasteiger partial charge in [0.25, 0.3) is 0 Å². The monoisotopic (exact) mass is 592 g/mol. The number of nitrogens with two attached hydrogens (primary N) is 1. The van der Waals surface area contributed by atoms with Crippen LogP contribution in [0.2, 0.25) is 0 Å². The first-order valence-electron chi connectivity index (χ1n) is 13.3. The number of carbonyl (C=O) groups excluding carboxylic acids is 1. The zero-order chi connectivity index (χ0) is 30.0. The molecule has 3 aromatic carbocycles. The van der Waals surface area contributed by atoms with Gasteiger partial charge in [0.15, 0.2) is 0 Å². The Labute approximate surface area is 242 Å². The van der Waals surface area contributed by atoms with Gasteiger partial charge in [0.2, 0.25) is 0 Å². The van der Waals surface area contributed by atoms with Crippen molar-refractivity contribution in [3.63, 3.8) is 0 Å². The molecule has 228 valence electrons. The second-order valence-corrected chi connectivity index (χ2v) is 8.72. The van der Waals surface area contributed by atoms with Crippen molar-refractivity contribution >= 4 is 23.0 Å². The summed E-state index contributed by atoms with van der Waals surface area (Å²) in [6.45, 7) is 3.29. The van der Waals surface area contributed by atoms with E-state index in [2.05, 4.69) is 5.32 Å². The first-order chi connectivity index (χ1) is 20.3. The van der Waals surface area contributed by atoms with Gasteiger partial charge in [-0.25, -0.2) is 4.79 Å². The summed E-state index contributed by atoms with van der Waals surface area (Å²) in [4.78, 5) is 12.5. The number of hydrogen-bond donors (Lipinski definition) is 2. The molecule has 0 aliphatic carbocycles. The number of nitrogen functional groups attached to an aromatic ring is 1. The number of ether oxygens (including phenoxy) is 6. The molecule has 42 heavy (non-hydrogen) atoms. The van der Waals surface area contributed by atoms with E-state index in [1.807, 2.05) is 12.1 Å². The summed E-state index contributed by atoms with van der Waals surface area (Å²) >= 11 is 0. The van der Waals surface area contributed by atoms with Crippen LogP contribution in [0, 0.1) is 0 Å². The average molecular weight is 593 g/mol. The topological polar surface area (TPSA) is 111 Å². The van der Waals surface area contributed by atoms with E-state index >= 15 is 0 Å². The minimum absolute atomic E-state index is 0.00358. The summed E-state index contributed by atoms with van der Waals surface area (Å²) in [5, 5.41) is 2.85. The second-order valence-electron chi connectivity index (χ2n) is 8.72. The third-order valence-corrected chi connectivity index (χ3v) is 5.60. The van der Waals surface area contributed by atoms with Crippen molar-refractivity contribution in [2.24, 2.45) is 0 Å². The highest BCUT2D eigenvalue weighted by Crippen LogP contribution is 2.32. The molecular weight excluding hydrogens is 557 g/mol. The molecular formula is C30H35F3N2O7. The maximum Gasteiger partial charge on any atom is 0.416 e. The second kappa shape index (κ2) is 17.9. The molecule has 9 nitrogen and oxygen atoms in total. The maximum absolute atomic E-state index is 13.0. The van der Waals surface area contributed by atoms with Gasteiger partial charge in [-0.3, -0.25) is 0 Å². The van der Waals surface area contributed by atoms with E-state index in [1.54, 1.807) is 30.3 Å². The number of carbonyl (C=O) groups is 1. The van der Waals surface area contributed by atoms with Gasteiger partial charge in [-0.05, 0) is 42.5 Å². The number of halogens is 3. The minimum atomic E-state index is -4.47. The van der Waals surface area contributed by atoms with Crippen LogP contribution in [0.3, 0.4) is 0 Å². The lowest BCUT2D eigenvalue weighted by molar-refractivity contribution is -0.137. The molecule has 0 spiro atoms. The molecule has 0 bridgehead atoms. The molecule has 0 saturated carbocycles. The van der Waals surface area contributed by atoms with E-state index in [4.69, 9.17) is 34.2 Å². The van der Waals surface area contributed by atoms with Gasteiger partial charge in [-0.15, -0.1) is 0 Å². The van der Waals surface area contributed by atoms with Crippen LogP contribution < -0.4 is 15.8 Å². The molecule has 0 aliphatic heterocycles. The minimum Gasteiger partial charge on any atom is -0.489 e. The number of benzene rings is 3. The fourth-order valence-electron chi connectivity index (χ4n) is 3.55. The predicted molar refractivity (Wildman–Crippen MR) is 151 cm³/mol. The number of rotatable bonds is 19. The molecule has 0 fully saturated rings. The number of hydrogen-bond acceptors (Lipinski definition) is 9. The van der Waals surface area contributed by atoms with E-state index in [0.29, 0.717) is 70.0 Å². The van der Waals surface area contributed by atoms with Crippen molar-refractivity contribution in [3.05, 3.63) is 83.9 Å². The lowest BCUT2D eigenvalue weighted by atomic mass is 10.1. The highest BCUT2D eigenvalue weighted by Gasteiger charge is 2.30. The van der Waals surface area contributed by atoms with Crippen molar-refractivity contribution < 1.29 is 46.4 Å². The van der Waals surface area contributed by atoms with Gasteiger partial charge in [0, 0.05) is 5.69 Å². The van der Waals surface area contributed by atoms with Crippen LogP contribution in [0.15, 0.2) is 72.8 Å². The van der Waals surface area contributed by atoms with Crippen LogP contribution in [-0.4, -0.2) is 72.0 Å². The van der Waals surface area contributed by atoms with Crippen LogP contribution in [0.5, 0.6) is 5.75 Å². The Kier molecular flexibility index (Phi) is 13.9. The average Bonchev–Trinajstić information content (AvgIpc) is 2.97. The molecule has 0 heterocycles. The summed E-state index contributed by atoms with van der Waals surface area (Å²) in [6, 6.07) is 18.4. The summed E-state index contributed by atoms with van der Waals surface area (Å²) in [5.41, 5.74) is 6.31. The van der Waals surface area contributed by atoms with Crippen molar-refractivity contribution in [2.45, 2.75) is 6.18 Å². The van der Waals surface area contributed by atoms with Crippen molar-refractivity contribution in [1.29, 1.82) is 0 Å². The van der Waals surface area contributed by atoms with E-state index < -0.39 is 17.7 Å². The molecule has 0 radical (unpaired) electrons. The standard InChI is InChI=1S/C30H35F3N2O7/c31-30(32,33)23-6-5-7-24(22-23)35-27-10-3-1-8-25(27)29(36)42-21-19-40-17-15-38-13-12-37-14-16-39-18-20-41-28-11-4-2-9-26(28)34/h1-11,22,35H,12-21,34H2. The fraction of sp³-hybridized carbons (Fsp3) is 0.367. The Morgan fingerprint density at radius 3 is 1.90 bits per heavy atom. The fourth-order valence-corrected chi connectivity index (χ4v) is 3.55. The van der Waals surface area contributed by atoms with Crippen LogP contribution in [0.1, 0.15) is 15.9 Å². The lowest BCUT2D eigenvalue weighted by Crippen LogP contribution is -2.15. The molecule has 0 aromatic heterocycles. The Hall–Kier alpha value is -3.84. The zero-order valence-electron chi connectivity index (χ0n) is 23.1. The van der Waals surface area contributed by atoms with Crippen molar-refractivity contribution in [3.8, 4) is 5.75 Å². The normalized spacial score (nSPS) is 11.3. The molecule has 3 N–H and O–H groups in total. The summed E-state index contributed by atoms with van der Waals surface area (Å²) in [5.74, 6) is 0.00723. The van der Waals surface area contributed by atoms with Crippen LogP contribution in [0.4, 0.5) is 30.2 Å². The largest absolute Gasteiger partial charge is 0.489 e. The Balaban J connectivity index is 1.18. The van der Waals surface area contributed by atoms with Crippen molar-refractivity contribution in [1.82, 2.24) is 0 Å². The van der Waals surface area contributed by atoms with E-state index in [9.17, 15) is 18.0 Å². The lowest BCUT2D eigenvalue weighted by Gasteiger charge is -2.13. The maximum atomic E-state index is 13.0. The number of para-hydroxylation sites is 3. The van der Waals surface area contributed by atoms with Gasteiger partial charge >= 0.3 is 12.1 Å². The van der Waals surface area contributed by atoms with Gasteiger partial charge < -0.3 is 39.5 Å². The molecule has 0 saturated heterocycles. The van der Waals surface area contributed by atoms with E-state index in [0.717, 1.165) is 12.1 Å². The Bertz CT molecular complexity index is 1230. The smallest absolute Gasteiger partial charge is 0.416 e. The third-order valence-electron chi connectivity index (χ3n) is 5.60. The van der Waals surface area contributed by atoms with Gasteiger partial charge in [-0.2, -0.15) is 13.2 Å². The first kappa shape index (κ1) is 32.7. The predicted octanol–water partition coefficient (Wildman–Crippen LogP) is 5.33. The Morgan fingerprint density at radius 2 is 1.26 bits per heavy atom. The third kappa shape index (κ3) is 12.0. The van der Waals surface area contributed by atoms with Crippen LogP contribution >= 0.6 is 0 Å². The number of anilines is 3. The molecule has 0 aliphatic rings. The molecule has 0 atom stereocenters. The molecule has 12 heteroatoms.